The second-order valence-electron chi connectivity index (χ2n) is 9.82. The molecule has 0 aliphatic heterocycles. The number of carbonyl (C=O) groups excluding carboxylic acids is 2. The molecule has 2 aromatic carbocycles. The van der Waals surface area contributed by atoms with Gasteiger partial charge < -0.3 is 9.47 Å². The molecule has 0 aromatic heterocycles. The van der Waals surface area contributed by atoms with Crippen LogP contribution in [0.1, 0.15) is 84.6 Å². The van der Waals surface area contributed by atoms with Crippen LogP contribution in [0.25, 0.3) is 0 Å². The maximum Gasteiger partial charge on any atom is 0.416 e. The van der Waals surface area contributed by atoms with Crippen LogP contribution in [0.15, 0.2) is 48.5 Å². The van der Waals surface area contributed by atoms with E-state index in [2.05, 4.69) is 6.92 Å². The summed E-state index contributed by atoms with van der Waals surface area (Å²) in [5.74, 6) is 1.27. The van der Waals surface area contributed by atoms with Crippen LogP contribution < -0.4 is 4.74 Å². The molecule has 0 heterocycles. The summed E-state index contributed by atoms with van der Waals surface area (Å²) in [6.07, 6.45) is 4.78. The summed E-state index contributed by atoms with van der Waals surface area (Å²) in [6, 6.07) is 9.82. The first-order chi connectivity index (χ1) is 16.7. The Bertz CT molecular complexity index is 1010. The lowest BCUT2D eigenvalue weighted by molar-refractivity contribution is -0.137. The van der Waals surface area contributed by atoms with Gasteiger partial charge in [-0.2, -0.15) is 13.2 Å². The van der Waals surface area contributed by atoms with Crippen LogP contribution >= 0.6 is 0 Å². The van der Waals surface area contributed by atoms with Crippen LogP contribution in [0.3, 0.4) is 0 Å². The quantitative estimate of drug-likeness (QED) is 0.313. The first-order valence-corrected chi connectivity index (χ1v) is 12.4. The minimum absolute atomic E-state index is 0.000756. The van der Waals surface area contributed by atoms with E-state index in [0.29, 0.717) is 11.5 Å². The third kappa shape index (κ3) is 6.44. The topological polar surface area (TPSA) is 52.6 Å². The summed E-state index contributed by atoms with van der Waals surface area (Å²) < 4.78 is 49.0. The zero-order valence-electron chi connectivity index (χ0n) is 19.9. The summed E-state index contributed by atoms with van der Waals surface area (Å²) in [6.45, 7) is 2.25. The highest BCUT2D eigenvalue weighted by Crippen LogP contribution is 2.44. The molecule has 4 nitrogen and oxygen atoms in total. The largest absolute Gasteiger partial charge is 0.459 e. The lowest BCUT2D eigenvalue weighted by Gasteiger charge is -2.41. The van der Waals surface area contributed by atoms with Crippen LogP contribution in [-0.2, 0) is 10.9 Å². The Labute approximate surface area is 203 Å². The Kier molecular flexibility index (Phi) is 7.82. The molecule has 0 amide bonds. The van der Waals surface area contributed by atoms with Crippen molar-refractivity contribution >= 4 is 11.9 Å². The zero-order valence-corrected chi connectivity index (χ0v) is 19.9. The number of alkyl halides is 3. The molecular formula is C28H31F3O4. The van der Waals surface area contributed by atoms with E-state index in [1.54, 1.807) is 0 Å². The number of hydrogen-bond donors (Lipinski definition) is 0. The minimum Gasteiger partial charge on any atom is -0.459 e. The SMILES string of the molecule is CCC[C@@H]1CC[C@H]2C[C@H](OC(=O)c3ccc(OC(=O)c4ccc(C(F)(F)F)cc4)cc3)CC[C@@H]2C1. The van der Waals surface area contributed by atoms with Gasteiger partial charge in [0.15, 0.2) is 0 Å². The second-order valence-corrected chi connectivity index (χ2v) is 9.82. The van der Waals surface area contributed by atoms with Crippen molar-refractivity contribution < 1.29 is 32.2 Å². The first kappa shape index (κ1) is 25.3. The van der Waals surface area contributed by atoms with Crippen molar-refractivity contribution in [2.75, 3.05) is 0 Å². The molecule has 0 saturated heterocycles. The van der Waals surface area contributed by atoms with E-state index < -0.39 is 23.7 Å². The van der Waals surface area contributed by atoms with Gasteiger partial charge in [0, 0.05) is 0 Å². The van der Waals surface area contributed by atoms with Gasteiger partial charge in [-0.05, 0) is 98.4 Å². The van der Waals surface area contributed by atoms with E-state index in [1.807, 2.05) is 0 Å². The molecule has 4 atom stereocenters. The predicted octanol–water partition coefficient (Wildman–Crippen LogP) is 7.47. The van der Waals surface area contributed by atoms with Crippen LogP contribution in [-0.4, -0.2) is 18.0 Å². The highest BCUT2D eigenvalue weighted by molar-refractivity contribution is 5.92. The normalized spacial score (nSPS) is 24.3. The highest BCUT2D eigenvalue weighted by atomic mass is 19.4. The minimum atomic E-state index is -4.47. The van der Waals surface area contributed by atoms with Crippen molar-refractivity contribution in [3.8, 4) is 5.75 Å². The van der Waals surface area contributed by atoms with Crippen molar-refractivity contribution in [1.82, 2.24) is 0 Å². The van der Waals surface area contributed by atoms with Gasteiger partial charge in [-0.3, -0.25) is 0 Å². The van der Waals surface area contributed by atoms with Gasteiger partial charge in [0.2, 0.25) is 0 Å². The van der Waals surface area contributed by atoms with Crippen LogP contribution in [0.5, 0.6) is 5.75 Å². The second kappa shape index (κ2) is 10.8. The zero-order chi connectivity index (χ0) is 25.0. The molecule has 0 unspecified atom stereocenters. The van der Waals surface area contributed by atoms with Gasteiger partial charge in [-0.25, -0.2) is 9.59 Å². The first-order valence-electron chi connectivity index (χ1n) is 12.4. The standard InChI is InChI=1S/C28H31F3O4/c1-2-3-18-4-5-22-17-25(15-10-21(22)16-18)35-27(33)20-8-13-24(14-9-20)34-26(32)19-6-11-23(12-7-19)28(29,30)31/h6-9,11-14,18,21-22,25H,2-5,10,15-17H2,1H3/t18-,21-,22+,25-/m1/s1. The molecule has 2 saturated carbocycles. The number of halogens is 3. The van der Waals surface area contributed by atoms with Crippen molar-refractivity contribution in [3.05, 3.63) is 65.2 Å². The van der Waals surface area contributed by atoms with Crippen LogP contribution in [0, 0.1) is 17.8 Å². The number of fused-ring (bicyclic) bond motifs is 1. The van der Waals surface area contributed by atoms with E-state index in [1.165, 1.54) is 56.4 Å². The molecule has 35 heavy (non-hydrogen) atoms. The van der Waals surface area contributed by atoms with Crippen molar-refractivity contribution in [1.29, 1.82) is 0 Å². The molecule has 0 bridgehead atoms. The average Bonchev–Trinajstić information content (AvgIpc) is 2.84. The van der Waals surface area contributed by atoms with E-state index in [4.69, 9.17) is 9.47 Å². The van der Waals surface area contributed by atoms with Crippen LogP contribution in [0.2, 0.25) is 0 Å². The predicted molar refractivity (Wildman–Crippen MR) is 125 cm³/mol. The van der Waals surface area contributed by atoms with Gasteiger partial charge in [-0.1, -0.05) is 26.2 Å². The van der Waals surface area contributed by atoms with E-state index >= 15 is 0 Å². The summed E-state index contributed by atoms with van der Waals surface area (Å²) in [7, 11) is 0. The van der Waals surface area contributed by atoms with E-state index in [9.17, 15) is 22.8 Å². The number of carbonyl (C=O) groups is 2. The maximum absolute atomic E-state index is 12.7. The molecule has 188 valence electrons. The van der Waals surface area contributed by atoms with Gasteiger partial charge in [0.1, 0.15) is 11.9 Å². The van der Waals surface area contributed by atoms with E-state index in [0.717, 1.165) is 55.4 Å². The monoisotopic (exact) mass is 488 g/mol. The van der Waals surface area contributed by atoms with Crippen molar-refractivity contribution in [3.63, 3.8) is 0 Å². The Hall–Kier alpha value is -2.83. The fourth-order valence-electron chi connectivity index (χ4n) is 5.56. The van der Waals surface area contributed by atoms with Gasteiger partial charge in [0.05, 0.1) is 16.7 Å². The Morgan fingerprint density at radius 2 is 1.43 bits per heavy atom. The molecule has 0 radical (unpaired) electrons. The number of ether oxygens (including phenoxy) is 2. The molecule has 7 heteroatoms. The Balaban J connectivity index is 1.28. The van der Waals surface area contributed by atoms with Crippen molar-refractivity contribution in [2.45, 2.75) is 70.6 Å². The number of rotatable bonds is 6. The van der Waals surface area contributed by atoms with Gasteiger partial charge in [-0.15, -0.1) is 0 Å². The molecule has 2 aliphatic rings. The maximum atomic E-state index is 12.7. The average molecular weight is 489 g/mol. The molecule has 2 aromatic rings. The van der Waals surface area contributed by atoms with E-state index in [-0.39, 0.29) is 17.4 Å². The lowest BCUT2D eigenvalue weighted by Crippen LogP contribution is -2.35. The summed E-state index contributed by atoms with van der Waals surface area (Å²) >= 11 is 0. The Morgan fingerprint density at radius 3 is 2.09 bits per heavy atom. The fourth-order valence-corrected chi connectivity index (χ4v) is 5.56. The van der Waals surface area contributed by atoms with Gasteiger partial charge in [0.25, 0.3) is 0 Å². The highest BCUT2D eigenvalue weighted by Gasteiger charge is 2.36. The fraction of sp³-hybridized carbons (Fsp3) is 0.500. The molecule has 2 aliphatic carbocycles. The number of hydrogen-bond acceptors (Lipinski definition) is 4. The van der Waals surface area contributed by atoms with Crippen molar-refractivity contribution in [2.24, 2.45) is 17.8 Å². The molecule has 2 fully saturated rings. The number of benzene rings is 2. The number of esters is 2. The molecule has 0 spiro atoms. The Morgan fingerprint density at radius 1 is 0.829 bits per heavy atom. The third-order valence-corrected chi connectivity index (χ3v) is 7.39. The molecular weight excluding hydrogens is 457 g/mol. The third-order valence-electron chi connectivity index (χ3n) is 7.39. The lowest BCUT2D eigenvalue weighted by atomic mass is 9.66. The van der Waals surface area contributed by atoms with Gasteiger partial charge >= 0.3 is 18.1 Å². The summed E-state index contributed by atoms with van der Waals surface area (Å²) in [5.41, 5.74) is -0.469. The molecule has 0 N–H and O–H groups in total. The summed E-state index contributed by atoms with van der Waals surface area (Å²) in [5, 5.41) is 0. The van der Waals surface area contributed by atoms with Crippen LogP contribution in [0.4, 0.5) is 13.2 Å². The smallest absolute Gasteiger partial charge is 0.416 e. The molecule has 4 rings (SSSR count). The summed E-state index contributed by atoms with van der Waals surface area (Å²) in [4.78, 5) is 24.9.